The molecule has 2 heterocycles. The van der Waals surface area contributed by atoms with Crippen molar-refractivity contribution in [3.8, 4) is 0 Å². The Bertz CT molecular complexity index is 719. The zero-order valence-electron chi connectivity index (χ0n) is 12.3. The first-order valence-electron chi connectivity index (χ1n) is 6.76. The van der Waals surface area contributed by atoms with Crippen LogP contribution < -0.4 is 5.32 Å². The molecule has 0 aliphatic heterocycles. The number of amides is 1. The molecule has 1 amide bonds. The topological polar surface area (TPSA) is 59.3 Å². The lowest BCUT2D eigenvalue weighted by atomic mass is 10.3. The predicted octanol–water partition coefficient (Wildman–Crippen LogP) is 3.41. The number of alkyl halides is 3. The summed E-state index contributed by atoms with van der Waals surface area (Å²) in [5, 5.41) is 10.3. The molecule has 2 aromatic rings. The van der Waals surface area contributed by atoms with E-state index in [1.807, 2.05) is 13.8 Å². The first kappa shape index (κ1) is 17.9. The molecule has 10 heteroatoms. The van der Waals surface area contributed by atoms with Crippen molar-refractivity contribution >= 4 is 34.9 Å². The highest BCUT2D eigenvalue weighted by molar-refractivity contribution is 7.99. The first-order chi connectivity index (χ1) is 10.7. The molecule has 2 aromatic heterocycles. The minimum atomic E-state index is -4.53. The van der Waals surface area contributed by atoms with Crippen LogP contribution in [0.2, 0.25) is 5.02 Å². The molecule has 1 atom stereocenters. The van der Waals surface area contributed by atoms with Crippen molar-refractivity contribution in [2.24, 2.45) is 0 Å². The maximum absolute atomic E-state index is 12.8. The molecule has 0 radical (unpaired) electrons. The third-order valence-electron chi connectivity index (χ3n) is 3.11. The summed E-state index contributed by atoms with van der Waals surface area (Å²) in [5.41, 5.74) is -0.787. The molecule has 1 N–H and O–H groups in total. The number of thioether (sulfide) groups is 1. The van der Waals surface area contributed by atoms with Crippen molar-refractivity contribution in [1.29, 1.82) is 0 Å². The molecule has 5 nitrogen and oxygen atoms in total. The highest BCUT2D eigenvalue weighted by Crippen LogP contribution is 2.33. The van der Waals surface area contributed by atoms with E-state index in [0.717, 1.165) is 34.8 Å². The van der Waals surface area contributed by atoms with Gasteiger partial charge in [0.1, 0.15) is 0 Å². The van der Waals surface area contributed by atoms with Crippen LogP contribution in [-0.4, -0.2) is 32.3 Å². The van der Waals surface area contributed by atoms with Gasteiger partial charge < -0.3 is 5.32 Å². The summed E-state index contributed by atoms with van der Waals surface area (Å²) in [7, 11) is 0. The summed E-state index contributed by atoms with van der Waals surface area (Å²) in [6, 6.07) is 0.833. The van der Waals surface area contributed by atoms with Crippen molar-refractivity contribution in [2.45, 2.75) is 37.6 Å². The average molecular weight is 367 g/mol. The van der Waals surface area contributed by atoms with Crippen LogP contribution in [0, 0.1) is 0 Å². The smallest absolute Gasteiger partial charge is 0.353 e. The lowest BCUT2D eigenvalue weighted by Crippen LogP contribution is -2.33. The maximum atomic E-state index is 12.8. The van der Waals surface area contributed by atoms with Gasteiger partial charge in [-0.05, 0) is 19.4 Å². The van der Waals surface area contributed by atoms with Gasteiger partial charge in [0, 0.05) is 12.2 Å². The molecule has 0 aliphatic rings. The van der Waals surface area contributed by atoms with Crippen LogP contribution in [0.4, 0.5) is 13.2 Å². The Morgan fingerprint density at radius 3 is 2.78 bits per heavy atom. The number of fused-ring (bicyclic) bond motifs is 1. The second-order valence-electron chi connectivity index (χ2n) is 4.92. The van der Waals surface area contributed by atoms with E-state index >= 15 is 0 Å². The number of aromatic nitrogens is 3. The molecule has 0 saturated heterocycles. The van der Waals surface area contributed by atoms with Gasteiger partial charge in [0.25, 0.3) is 0 Å². The summed E-state index contributed by atoms with van der Waals surface area (Å²) in [4.78, 5) is 11.7. The number of carbonyl (C=O) groups is 1. The van der Waals surface area contributed by atoms with E-state index in [1.54, 1.807) is 0 Å². The van der Waals surface area contributed by atoms with Gasteiger partial charge in [0.05, 0.1) is 16.3 Å². The number of halogens is 4. The van der Waals surface area contributed by atoms with Gasteiger partial charge in [0.2, 0.25) is 5.91 Å². The SMILES string of the molecule is CC[C@@H](C)NC(=O)CSc1nnc2c(Cl)cc(C(F)(F)F)cn12. The van der Waals surface area contributed by atoms with Gasteiger partial charge in [-0.3, -0.25) is 9.20 Å². The van der Waals surface area contributed by atoms with E-state index in [1.165, 1.54) is 0 Å². The molecular formula is C13H14ClF3N4OS. The van der Waals surface area contributed by atoms with Crippen molar-refractivity contribution in [3.05, 3.63) is 22.8 Å². The van der Waals surface area contributed by atoms with Gasteiger partial charge in [-0.15, -0.1) is 10.2 Å². The molecule has 0 aromatic carbocycles. The summed E-state index contributed by atoms with van der Waals surface area (Å²) in [6.07, 6.45) is -2.87. The quantitative estimate of drug-likeness (QED) is 0.824. The number of hydrogen-bond donors (Lipinski definition) is 1. The number of carbonyl (C=O) groups excluding carboxylic acids is 1. The highest BCUT2D eigenvalue weighted by atomic mass is 35.5. The molecule has 23 heavy (non-hydrogen) atoms. The average Bonchev–Trinajstić information content (AvgIpc) is 2.87. The number of nitrogens with one attached hydrogen (secondary N) is 1. The Morgan fingerprint density at radius 2 is 2.17 bits per heavy atom. The Morgan fingerprint density at radius 1 is 1.48 bits per heavy atom. The Balaban J connectivity index is 2.22. The van der Waals surface area contributed by atoms with Crippen LogP contribution in [0.25, 0.3) is 5.65 Å². The van der Waals surface area contributed by atoms with Crippen LogP contribution in [0.3, 0.4) is 0 Å². The molecule has 0 fully saturated rings. The van der Waals surface area contributed by atoms with Crippen LogP contribution in [0.1, 0.15) is 25.8 Å². The van der Waals surface area contributed by atoms with E-state index in [4.69, 9.17) is 11.6 Å². The maximum Gasteiger partial charge on any atom is 0.417 e. The van der Waals surface area contributed by atoms with Crippen LogP contribution in [0.5, 0.6) is 0 Å². The lowest BCUT2D eigenvalue weighted by Gasteiger charge is -2.11. The number of hydrogen-bond acceptors (Lipinski definition) is 4. The second-order valence-corrected chi connectivity index (χ2v) is 6.27. The van der Waals surface area contributed by atoms with Crippen LogP contribution >= 0.6 is 23.4 Å². The molecule has 126 valence electrons. The third kappa shape index (κ3) is 4.29. The fourth-order valence-electron chi connectivity index (χ4n) is 1.74. The number of pyridine rings is 1. The Kier molecular flexibility index (Phi) is 5.41. The van der Waals surface area contributed by atoms with Crippen molar-refractivity contribution < 1.29 is 18.0 Å². The highest BCUT2D eigenvalue weighted by Gasteiger charge is 2.32. The molecule has 0 bridgehead atoms. The van der Waals surface area contributed by atoms with Gasteiger partial charge in [-0.1, -0.05) is 30.3 Å². The fraction of sp³-hybridized carbons (Fsp3) is 0.462. The van der Waals surface area contributed by atoms with E-state index in [0.29, 0.717) is 0 Å². The number of rotatable bonds is 5. The summed E-state index contributed by atoms with van der Waals surface area (Å²) < 4.78 is 39.7. The first-order valence-corrected chi connectivity index (χ1v) is 8.12. The van der Waals surface area contributed by atoms with Gasteiger partial charge in [-0.25, -0.2) is 0 Å². The zero-order valence-corrected chi connectivity index (χ0v) is 13.9. The van der Waals surface area contributed by atoms with E-state index in [2.05, 4.69) is 15.5 Å². The number of nitrogens with zero attached hydrogens (tertiary/aromatic N) is 3. The normalized spacial score (nSPS) is 13.3. The van der Waals surface area contributed by atoms with Crippen molar-refractivity contribution in [1.82, 2.24) is 19.9 Å². The van der Waals surface area contributed by atoms with E-state index in [9.17, 15) is 18.0 Å². The van der Waals surface area contributed by atoms with Gasteiger partial charge in [0.15, 0.2) is 10.8 Å². The van der Waals surface area contributed by atoms with Crippen molar-refractivity contribution in [3.63, 3.8) is 0 Å². The molecule has 0 aliphatic carbocycles. The zero-order chi connectivity index (χ0) is 17.2. The van der Waals surface area contributed by atoms with Gasteiger partial charge in [-0.2, -0.15) is 13.2 Å². The summed E-state index contributed by atoms with van der Waals surface area (Å²) in [6.45, 7) is 3.80. The lowest BCUT2D eigenvalue weighted by molar-refractivity contribution is -0.137. The largest absolute Gasteiger partial charge is 0.417 e. The molecule has 0 saturated carbocycles. The van der Waals surface area contributed by atoms with Gasteiger partial charge >= 0.3 is 6.18 Å². The minimum Gasteiger partial charge on any atom is -0.353 e. The van der Waals surface area contributed by atoms with E-state index < -0.39 is 11.7 Å². The summed E-state index contributed by atoms with van der Waals surface area (Å²) in [5.74, 6) is -0.196. The van der Waals surface area contributed by atoms with Crippen LogP contribution in [-0.2, 0) is 11.0 Å². The molecular weight excluding hydrogens is 353 g/mol. The fourth-order valence-corrected chi connectivity index (χ4v) is 2.70. The Labute approximate surface area is 139 Å². The minimum absolute atomic E-state index is 0.0268. The monoisotopic (exact) mass is 366 g/mol. The molecule has 0 unspecified atom stereocenters. The van der Waals surface area contributed by atoms with E-state index in [-0.39, 0.29) is 33.5 Å². The van der Waals surface area contributed by atoms with Crippen molar-refractivity contribution in [2.75, 3.05) is 5.75 Å². The Hall–Kier alpha value is -1.48. The molecule has 2 rings (SSSR count). The third-order valence-corrected chi connectivity index (χ3v) is 4.33. The standard InChI is InChI=1S/C13H14ClF3N4OS/c1-3-7(2)18-10(22)6-23-12-20-19-11-9(14)4-8(5-21(11)12)13(15,16)17/h4-5,7H,3,6H2,1-2H3,(H,18,22)/t7-/m1/s1. The second kappa shape index (κ2) is 6.96. The summed E-state index contributed by atoms with van der Waals surface area (Å²) >= 11 is 6.82. The molecule has 0 spiro atoms. The van der Waals surface area contributed by atoms with Crippen LogP contribution in [0.15, 0.2) is 17.4 Å². The predicted molar refractivity (Wildman–Crippen MR) is 81.6 cm³/mol.